The molecule has 0 spiro atoms. The monoisotopic (exact) mass is 382 g/mol. The zero-order valence-electron chi connectivity index (χ0n) is 16.1. The molecule has 0 bridgehead atoms. The molecule has 4 rings (SSSR count). The van der Waals surface area contributed by atoms with Crippen LogP contribution in [0.2, 0.25) is 0 Å². The molecule has 6 heteroatoms. The second kappa shape index (κ2) is 8.42. The van der Waals surface area contributed by atoms with Gasteiger partial charge in [0, 0.05) is 6.54 Å². The van der Waals surface area contributed by atoms with Gasteiger partial charge >= 0.3 is 6.03 Å². The third-order valence-corrected chi connectivity index (χ3v) is 5.23. The third kappa shape index (κ3) is 4.50. The molecular weight excluding hydrogens is 356 g/mol. The fourth-order valence-electron chi connectivity index (χ4n) is 3.58. The lowest BCUT2D eigenvalue weighted by molar-refractivity contribution is 0.174. The summed E-state index contributed by atoms with van der Waals surface area (Å²) in [5.41, 5.74) is 2.00. The number of ether oxygens (including phenoxy) is 3. The molecule has 0 radical (unpaired) electrons. The van der Waals surface area contributed by atoms with Crippen molar-refractivity contribution in [2.24, 2.45) is 0 Å². The Balaban J connectivity index is 1.24. The molecule has 28 heavy (non-hydrogen) atoms. The zero-order valence-corrected chi connectivity index (χ0v) is 16.1. The van der Waals surface area contributed by atoms with Gasteiger partial charge in [0.1, 0.15) is 5.75 Å². The molecule has 2 aromatic rings. The van der Waals surface area contributed by atoms with Gasteiger partial charge in [-0.25, -0.2) is 4.79 Å². The summed E-state index contributed by atoms with van der Waals surface area (Å²) in [5, 5.41) is 5.84. The molecule has 1 heterocycles. The van der Waals surface area contributed by atoms with Crippen LogP contribution < -0.4 is 24.8 Å². The highest BCUT2D eigenvalue weighted by Crippen LogP contribution is 2.34. The van der Waals surface area contributed by atoms with Gasteiger partial charge in [0.05, 0.1) is 12.1 Å². The van der Waals surface area contributed by atoms with Gasteiger partial charge in [0.25, 0.3) is 0 Å². The molecule has 148 valence electrons. The molecule has 1 fully saturated rings. The number of nitrogens with one attached hydrogen (secondary N) is 2. The van der Waals surface area contributed by atoms with Crippen molar-refractivity contribution in [3.05, 3.63) is 53.6 Å². The summed E-state index contributed by atoms with van der Waals surface area (Å²) in [7, 11) is 0. The van der Waals surface area contributed by atoms with Crippen molar-refractivity contribution >= 4 is 6.03 Å². The summed E-state index contributed by atoms with van der Waals surface area (Å²) in [6.07, 6.45) is 5.15. The predicted octanol–water partition coefficient (Wildman–Crippen LogP) is 4.30. The number of rotatable bonds is 6. The lowest BCUT2D eigenvalue weighted by atomic mass is 10.1. The van der Waals surface area contributed by atoms with E-state index in [1.54, 1.807) is 0 Å². The topological polar surface area (TPSA) is 68.8 Å². The maximum atomic E-state index is 12.2. The largest absolute Gasteiger partial charge is 0.490 e. The van der Waals surface area contributed by atoms with Gasteiger partial charge in [-0.3, -0.25) is 0 Å². The molecule has 0 saturated heterocycles. The van der Waals surface area contributed by atoms with Crippen LogP contribution in [0.5, 0.6) is 17.2 Å². The average molecular weight is 382 g/mol. The minimum Gasteiger partial charge on any atom is -0.490 e. The molecular formula is C22H26N2O4. The number of hydrogen-bond acceptors (Lipinski definition) is 4. The van der Waals surface area contributed by atoms with Crippen molar-refractivity contribution < 1.29 is 19.0 Å². The molecule has 1 aliphatic carbocycles. The summed E-state index contributed by atoms with van der Waals surface area (Å²) >= 11 is 0. The van der Waals surface area contributed by atoms with E-state index in [1.807, 2.05) is 49.4 Å². The van der Waals surface area contributed by atoms with Crippen molar-refractivity contribution in [3.8, 4) is 17.2 Å². The van der Waals surface area contributed by atoms with Gasteiger partial charge in [-0.2, -0.15) is 0 Å². The Morgan fingerprint density at radius 3 is 2.64 bits per heavy atom. The van der Waals surface area contributed by atoms with E-state index < -0.39 is 0 Å². The van der Waals surface area contributed by atoms with Crippen LogP contribution in [-0.2, 0) is 6.54 Å². The van der Waals surface area contributed by atoms with Gasteiger partial charge in [-0.15, -0.1) is 0 Å². The van der Waals surface area contributed by atoms with Crippen LogP contribution in [0.15, 0.2) is 42.5 Å². The maximum Gasteiger partial charge on any atom is 0.315 e. The molecule has 1 atom stereocenters. The fourth-order valence-corrected chi connectivity index (χ4v) is 3.58. The van der Waals surface area contributed by atoms with Crippen LogP contribution in [0.1, 0.15) is 49.8 Å². The van der Waals surface area contributed by atoms with Crippen LogP contribution in [0.4, 0.5) is 4.79 Å². The van der Waals surface area contributed by atoms with E-state index >= 15 is 0 Å². The van der Waals surface area contributed by atoms with Gasteiger partial charge in [-0.05, 0) is 68.0 Å². The minimum atomic E-state index is -0.212. The number of hydrogen-bond donors (Lipinski definition) is 2. The first-order chi connectivity index (χ1) is 13.7. The number of fused-ring (bicyclic) bond motifs is 1. The Hall–Kier alpha value is -2.89. The van der Waals surface area contributed by atoms with E-state index in [0.717, 1.165) is 35.5 Å². The number of carbonyl (C=O) groups excluding carboxylic acids is 1. The molecule has 1 saturated carbocycles. The summed E-state index contributed by atoms with van der Waals surface area (Å²) in [5.74, 6) is 2.35. The second-order valence-electron chi connectivity index (χ2n) is 7.33. The molecule has 1 unspecified atom stereocenters. The predicted molar refractivity (Wildman–Crippen MR) is 106 cm³/mol. The van der Waals surface area contributed by atoms with Crippen molar-refractivity contribution in [2.45, 2.75) is 51.3 Å². The van der Waals surface area contributed by atoms with Gasteiger partial charge in [-0.1, -0.05) is 18.2 Å². The van der Waals surface area contributed by atoms with Crippen molar-refractivity contribution in [2.75, 3.05) is 6.79 Å². The molecule has 2 N–H and O–H groups in total. The standard InChI is InChI=1S/C22H26N2O4/c1-15(17-8-11-20-21(12-17)27-14-26-20)24-22(25)23-13-16-6-9-19(10-7-16)28-18-4-2-3-5-18/h6-12,15,18H,2-5,13-14H2,1H3,(H2,23,24,25). The zero-order chi connectivity index (χ0) is 19.3. The number of carbonyl (C=O) groups is 1. The van der Waals surface area contributed by atoms with Gasteiger partial charge < -0.3 is 24.8 Å². The van der Waals surface area contributed by atoms with Crippen LogP contribution in [0.3, 0.4) is 0 Å². The van der Waals surface area contributed by atoms with E-state index in [2.05, 4.69) is 10.6 Å². The molecule has 0 aromatic heterocycles. The molecule has 2 aromatic carbocycles. The highest BCUT2D eigenvalue weighted by Gasteiger charge is 2.17. The highest BCUT2D eigenvalue weighted by molar-refractivity contribution is 5.74. The molecule has 2 amide bonds. The van der Waals surface area contributed by atoms with E-state index in [1.165, 1.54) is 12.8 Å². The van der Waals surface area contributed by atoms with Crippen LogP contribution in [-0.4, -0.2) is 18.9 Å². The lowest BCUT2D eigenvalue weighted by Gasteiger charge is -2.16. The summed E-state index contributed by atoms with van der Waals surface area (Å²) < 4.78 is 16.7. The molecule has 6 nitrogen and oxygen atoms in total. The SMILES string of the molecule is CC(NC(=O)NCc1ccc(OC2CCCC2)cc1)c1ccc2c(c1)OCO2. The number of urea groups is 1. The van der Waals surface area contributed by atoms with E-state index in [-0.39, 0.29) is 18.9 Å². The summed E-state index contributed by atoms with van der Waals surface area (Å²) in [4.78, 5) is 12.2. The number of benzene rings is 2. The quantitative estimate of drug-likeness (QED) is 0.782. The smallest absolute Gasteiger partial charge is 0.315 e. The minimum absolute atomic E-state index is 0.142. The van der Waals surface area contributed by atoms with Crippen molar-refractivity contribution in [1.29, 1.82) is 0 Å². The Labute approximate surface area is 165 Å². The third-order valence-electron chi connectivity index (χ3n) is 5.23. The molecule has 2 aliphatic rings. The fraction of sp³-hybridized carbons (Fsp3) is 0.409. The Kier molecular flexibility index (Phi) is 5.55. The van der Waals surface area contributed by atoms with E-state index in [4.69, 9.17) is 14.2 Å². The Bertz CT molecular complexity index is 816. The molecule has 1 aliphatic heterocycles. The first-order valence-electron chi connectivity index (χ1n) is 9.87. The van der Waals surface area contributed by atoms with Crippen LogP contribution in [0, 0.1) is 0 Å². The van der Waals surface area contributed by atoms with Crippen molar-refractivity contribution in [1.82, 2.24) is 10.6 Å². The van der Waals surface area contributed by atoms with Crippen LogP contribution >= 0.6 is 0 Å². The Morgan fingerprint density at radius 1 is 1.11 bits per heavy atom. The van der Waals surface area contributed by atoms with Crippen LogP contribution in [0.25, 0.3) is 0 Å². The van der Waals surface area contributed by atoms with E-state index in [9.17, 15) is 4.79 Å². The first-order valence-corrected chi connectivity index (χ1v) is 9.87. The highest BCUT2D eigenvalue weighted by atomic mass is 16.7. The maximum absolute atomic E-state index is 12.2. The van der Waals surface area contributed by atoms with Crippen molar-refractivity contribution in [3.63, 3.8) is 0 Å². The van der Waals surface area contributed by atoms with Gasteiger partial charge in [0.2, 0.25) is 6.79 Å². The average Bonchev–Trinajstić information content (AvgIpc) is 3.38. The Morgan fingerprint density at radius 2 is 1.86 bits per heavy atom. The van der Waals surface area contributed by atoms with Gasteiger partial charge in [0.15, 0.2) is 11.5 Å². The number of amides is 2. The summed E-state index contributed by atoms with van der Waals surface area (Å²) in [6.45, 7) is 2.64. The van der Waals surface area contributed by atoms with E-state index in [0.29, 0.717) is 18.4 Å². The first kappa shape index (κ1) is 18.5. The normalized spacial score (nSPS) is 16.6. The summed E-state index contributed by atoms with van der Waals surface area (Å²) in [6, 6.07) is 13.3. The lowest BCUT2D eigenvalue weighted by Crippen LogP contribution is -2.36. The second-order valence-corrected chi connectivity index (χ2v) is 7.33.